The normalized spacial score (nSPS) is 13.6. The van der Waals surface area contributed by atoms with Gasteiger partial charge in [-0.2, -0.15) is 17.0 Å². The maximum absolute atomic E-state index is 13.8. The number of nitrogens with one attached hydrogen (secondary N) is 2. The Morgan fingerprint density at radius 1 is 1.11 bits per heavy atom. The summed E-state index contributed by atoms with van der Waals surface area (Å²) in [4.78, 5) is 41.1. The molecule has 3 atom stereocenters. The minimum atomic E-state index is -1.01. The fraction of sp³-hybridized carbons (Fsp3) is 0.630. The number of aryl methyl sites for hydroxylation is 1. The smallest absolute Gasteiger partial charge is 0.408 e. The Morgan fingerprint density at radius 2 is 1.75 bits per heavy atom. The molecule has 0 bridgehead atoms. The van der Waals surface area contributed by atoms with Crippen molar-refractivity contribution in [3.05, 3.63) is 35.4 Å². The van der Waals surface area contributed by atoms with Gasteiger partial charge >= 0.3 is 6.09 Å². The molecule has 3 unspecified atom stereocenters. The molecule has 36 heavy (non-hydrogen) atoms. The Kier molecular flexibility index (Phi) is 13.4. The molecule has 1 aromatic carbocycles. The van der Waals surface area contributed by atoms with Gasteiger partial charge in [-0.3, -0.25) is 9.59 Å². The lowest BCUT2D eigenvalue weighted by atomic mass is 9.99. The SMILES string of the molecule is CCCC(C)NC(=O)C(c1ccc(CC)cc1)N(CC#N)C(=O)C(CCSC)NC(=O)OC(C)(C)C. The predicted octanol–water partition coefficient (Wildman–Crippen LogP) is 4.59. The second-order valence-electron chi connectivity index (χ2n) is 9.80. The molecular formula is C27H42N4O4S. The molecule has 0 saturated carbocycles. The first-order valence-corrected chi connectivity index (χ1v) is 13.9. The van der Waals surface area contributed by atoms with E-state index >= 15 is 0 Å². The molecule has 0 radical (unpaired) electrons. The van der Waals surface area contributed by atoms with Crippen LogP contribution in [0.2, 0.25) is 0 Å². The summed E-state index contributed by atoms with van der Waals surface area (Å²) in [5.74, 6) is -0.258. The number of hydrogen-bond acceptors (Lipinski definition) is 6. The van der Waals surface area contributed by atoms with E-state index < -0.39 is 29.7 Å². The third kappa shape index (κ3) is 10.5. The fourth-order valence-corrected chi connectivity index (χ4v) is 4.22. The number of ether oxygens (including phenoxy) is 1. The average molecular weight is 519 g/mol. The molecule has 3 amide bonds. The molecule has 200 valence electrons. The molecule has 0 aliphatic rings. The Hall–Kier alpha value is -2.73. The second-order valence-corrected chi connectivity index (χ2v) is 10.8. The van der Waals surface area contributed by atoms with Crippen molar-refractivity contribution in [3.8, 4) is 6.07 Å². The van der Waals surface area contributed by atoms with Crippen LogP contribution in [0.15, 0.2) is 24.3 Å². The van der Waals surface area contributed by atoms with Crippen molar-refractivity contribution in [1.82, 2.24) is 15.5 Å². The van der Waals surface area contributed by atoms with Crippen molar-refractivity contribution >= 4 is 29.7 Å². The minimum absolute atomic E-state index is 0.0915. The van der Waals surface area contributed by atoms with E-state index in [0.29, 0.717) is 17.7 Å². The molecule has 0 aromatic heterocycles. The van der Waals surface area contributed by atoms with Crippen LogP contribution in [0.25, 0.3) is 0 Å². The molecule has 1 rings (SSSR count). The Labute approximate surface area is 220 Å². The van der Waals surface area contributed by atoms with Crippen molar-refractivity contribution in [1.29, 1.82) is 5.26 Å². The Bertz CT molecular complexity index is 893. The van der Waals surface area contributed by atoms with Crippen LogP contribution in [0.1, 0.15) is 78.0 Å². The zero-order valence-electron chi connectivity index (χ0n) is 22.7. The van der Waals surface area contributed by atoms with Crippen LogP contribution in [-0.4, -0.2) is 59.0 Å². The van der Waals surface area contributed by atoms with Crippen LogP contribution in [0.3, 0.4) is 0 Å². The number of alkyl carbamates (subject to hydrolysis) is 1. The highest BCUT2D eigenvalue weighted by molar-refractivity contribution is 7.98. The van der Waals surface area contributed by atoms with Gasteiger partial charge in [-0.1, -0.05) is 44.5 Å². The summed E-state index contributed by atoms with van der Waals surface area (Å²) in [5.41, 5.74) is 0.973. The topological polar surface area (TPSA) is 112 Å². The van der Waals surface area contributed by atoms with Crippen LogP contribution in [0.4, 0.5) is 4.79 Å². The van der Waals surface area contributed by atoms with Gasteiger partial charge in [-0.25, -0.2) is 4.79 Å². The van der Waals surface area contributed by atoms with E-state index in [0.717, 1.165) is 24.8 Å². The first kappa shape index (κ1) is 31.3. The van der Waals surface area contributed by atoms with Gasteiger partial charge in [-0.05, 0) is 70.1 Å². The summed E-state index contributed by atoms with van der Waals surface area (Å²) in [5, 5.41) is 15.3. The molecule has 0 saturated heterocycles. The third-order valence-electron chi connectivity index (χ3n) is 5.50. The van der Waals surface area contributed by atoms with Gasteiger partial charge in [-0.15, -0.1) is 0 Å². The van der Waals surface area contributed by atoms with E-state index in [4.69, 9.17) is 4.74 Å². The van der Waals surface area contributed by atoms with Crippen LogP contribution >= 0.6 is 11.8 Å². The molecule has 0 aliphatic carbocycles. The summed E-state index contributed by atoms with van der Waals surface area (Å²) in [7, 11) is 0. The molecule has 0 spiro atoms. The summed E-state index contributed by atoms with van der Waals surface area (Å²) < 4.78 is 5.36. The van der Waals surface area contributed by atoms with E-state index in [2.05, 4.69) is 10.6 Å². The zero-order chi connectivity index (χ0) is 27.3. The number of carbonyl (C=O) groups excluding carboxylic acids is 3. The number of benzene rings is 1. The number of amides is 3. The summed E-state index contributed by atoms with van der Waals surface area (Å²) in [6.45, 7) is 10.9. The number of nitriles is 1. The number of rotatable bonds is 13. The van der Waals surface area contributed by atoms with Crippen LogP contribution in [0, 0.1) is 11.3 Å². The highest BCUT2D eigenvalue weighted by atomic mass is 32.2. The van der Waals surface area contributed by atoms with E-state index in [9.17, 15) is 19.6 Å². The monoisotopic (exact) mass is 518 g/mol. The average Bonchev–Trinajstić information content (AvgIpc) is 2.80. The second kappa shape index (κ2) is 15.4. The largest absolute Gasteiger partial charge is 0.444 e. The molecule has 0 heterocycles. The lowest BCUT2D eigenvalue weighted by molar-refractivity contribution is -0.142. The third-order valence-corrected chi connectivity index (χ3v) is 6.14. The Morgan fingerprint density at radius 3 is 2.25 bits per heavy atom. The van der Waals surface area contributed by atoms with E-state index in [1.807, 2.05) is 57.4 Å². The molecule has 1 aromatic rings. The van der Waals surface area contributed by atoms with Gasteiger partial charge in [0.05, 0.1) is 6.07 Å². The zero-order valence-corrected chi connectivity index (χ0v) is 23.5. The van der Waals surface area contributed by atoms with Gasteiger partial charge in [0.1, 0.15) is 24.2 Å². The van der Waals surface area contributed by atoms with Crippen LogP contribution < -0.4 is 10.6 Å². The van der Waals surface area contributed by atoms with Gasteiger partial charge < -0.3 is 20.3 Å². The molecule has 0 fully saturated rings. The summed E-state index contributed by atoms with van der Waals surface area (Å²) in [6, 6.07) is 7.47. The summed E-state index contributed by atoms with van der Waals surface area (Å²) >= 11 is 1.53. The molecular weight excluding hydrogens is 476 g/mol. The fourth-order valence-electron chi connectivity index (χ4n) is 3.75. The van der Waals surface area contributed by atoms with E-state index in [1.54, 1.807) is 20.8 Å². The molecule has 0 aliphatic heterocycles. The van der Waals surface area contributed by atoms with Crippen molar-refractivity contribution in [2.75, 3.05) is 18.6 Å². The minimum Gasteiger partial charge on any atom is -0.444 e. The van der Waals surface area contributed by atoms with E-state index in [1.165, 1.54) is 16.7 Å². The lowest BCUT2D eigenvalue weighted by Crippen LogP contribution is -2.53. The van der Waals surface area contributed by atoms with Gasteiger partial charge in [0, 0.05) is 6.04 Å². The van der Waals surface area contributed by atoms with E-state index in [-0.39, 0.29) is 18.5 Å². The highest BCUT2D eigenvalue weighted by Gasteiger charge is 2.36. The van der Waals surface area contributed by atoms with Gasteiger partial charge in [0.25, 0.3) is 0 Å². The maximum Gasteiger partial charge on any atom is 0.408 e. The lowest BCUT2D eigenvalue weighted by Gasteiger charge is -2.33. The Balaban J connectivity index is 3.42. The maximum atomic E-state index is 13.8. The van der Waals surface area contributed by atoms with Gasteiger partial charge in [0.15, 0.2) is 0 Å². The number of thioether (sulfide) groups is 1. The number of carbonyl (C=O) groups is 3. The first-order valence-electron chi connectivity index (χ1n) is 12.5. The quantitative estimate of drug-likeness (QED) is 0.369. The summed E-state index contributed by atoms with van der Waals surface area (Å²) in [6.07, 6.45) is 4.04. The van der Waals surface area contributed by atoms with Gasteiger partial charge in [0.2, 0.25) is 11.8 Å². The van der Waals surface area contributed by atoms with Crippen LogP contribution in [0.5, 0.6) is 0 Å². The number of hydrogen-bond donors (Lipinski definition) is 2. The molecule has 2 N–H and O–H groups in total. The van der Waals surface area contributed by atoms with Crippen molar-refractivity contribution < 1.29 is 19.1 Å². The van der Waals surface area contributed by atoms with Crippen molar-refractivity contribution in [2.45, 2.75) is 91.0 Å². The molecule has 8 nitrogen and oxygen atoms in total. The highest BCUT2D eigenvalue weighted by Crippen LogP contribution is 2.24. The standard InChI is InChI=1S/C27H42N4O4S/c1-8-10-19(3)29-24(32)23(21-13-11-20(9-2)12-14-21)31(17-16-28)25(33)22(15-18-36-7)30-26(34)35-27(4,5)6/h11-14,19,22-23H,8-10,15,17-18H2,1-7H3,(H,29,32)(H,30,34). The van der Waals surface area contributed by atoms with Crippen molar-refractivity contribution in [2.24, 2.45) is 0 Å². The van der Waals surface area contributed by atoms with Crippen molar-refractivity contribution in [3.63, 3.8) is 0 Å². The molecule has 9 heteroatoms. The number of nitrogens with zero attached hydrogens (tertiary/aromatic N) is 2. The van der Waals surface area contributed by atoms with Crippen LogP contribution in [-0.2, 0) is 20.7 Å². The first-order chi connectivity index (χ1) is 17.0. The predicted molar refractivity (Wildman–Crippen MR) is 145 cm³/mol.